The van der Waals surface area contributed by atoms with Crippen LogP contribution >= 0.6 is 15.9 Å². The molecule has 0 bridgehead atoms. The number of nitrogens with zero attached hydrogens (tertiary/aromatic N) is 2. The number of carbonyl (C=O) groups is 1. The molecule has 2 heterocycles. The van der Waals surface area contributed by atoms with Crippen LogP contribution in [0.1, 0.15) is 23.0 Å². The third-order valence-electron chi connectivity index (χ3n) is 2.59. The molecule has 0 saturated carbocycles. The lowest BCUT2D eigenvalue weighted by Crippen LogP contribution is -2.17. The number of aromatic nitrogens is 2. The molecule has 0 aliphatic rings. The van der Waals surface area contributed by atoms with Crippen molar-refractivity contribution in [3.05, 3.63) is 46.3 Å². The lowest BCUT2D eigenvalue weighted by atomic mass is 10.3. The maximum atomic E-state index is 12.1. The molecule has 18 heavy (non-hydrogen) atoms. The van der Waals surface area contributed by atoms with Crippen LogP contribution in [0.2, 0.25) is 0 Å². The molecule has 5 heteroatoms. The second-order valence-electron chi connectivity index (χ2n) is 4.00. The molecule has 0 spiro atoms. The van der Waals surface area contributed by atoms with Gasteiger partial charge >= 0.3 is 0 Å². The Balaban J connectivity index is 2.19. The number of anilines is 1. The topological polar surface area (TPSA) is 46.9 Å². The van der Waals surface area contributed by atoms with Crippen molar-refractivity contribution < 1.29 is 4.79 Å². The summed E-state index contributed by atoms with van der Waals surface area (Å²) in [4.78, 5) is 16.3. The van der Waals surface area contributed by atoms with Gasteiger partial charge in [0.1, 0.15) is 11.5 Å². The summed E-state index contributed by atoms with van der Waals surface area (Å²) in [6.07, 6.45) is 3.61. The fourth-order valence-electron chi connectivity index (χ4n) is 1.65. The minimum absolute atomic E-state index is 0.154. The molecule has 1 N–H and O–H groups in total. The highest BCUT2D eigenvalue weighted by Gasteiger charge is 2.12. The lowest BCUT2D eigenvalue weighted by Gasteiger charge is -2.07. The monoisotopic (exact) mass is 307 g/mol. The first kappa shape index (κ1) is 12.8. The van der Waals surface area contributed by atoms with E-state index in [1.165, 1.54) is 0 Å². The van der Waals surface area contributed by atoms with E-state index in [-0.39, 0.29) is 5.91 Å². The molecule has 0 aliphatic carbocycles. The van der Waals surface area contributed by atoms with Gasteiger partial charge in [-0.3, -0.25) is 4.79 Å². The number of halogens is 1. The number of nitrogens with one attached hydrogen (secondary N) is 1. The number of hydrogen-bond acceptors (Lipinski definition) is 2. The van der Waals surface area contributed by atoms with Crippen LogP contribution in [0, 0.1) is 6.92 Å². The van der Waals surface area contributed by atoms with Gasteiger partial charge in [0.05, 0.1) is 0 Å². The molecule has 94 valence electrons. The summed E-state index contributed by atoms with van der Waals surface area (Å²) >= 11 is 3.37. The number of pyridine rings is 1. The Kier molecular flexibility index (Phi) is 3.81. The van der Waals surface area contributed by atoms with E-state index in [1.807, 2.05) is 30.7 Å². The first-order valence-electron chi connectivity index (χ1n) is 5.70. The van der Waals surface area contributed by atoms with Gasteiger partial charge in [-0.25, -0.2) is 4.98 Å². The van der Waals surface area contributed by atoms with E-state index in [9.17, 15) is 4.79 Å². The van der Waals surface area contributed by atoms with Gasteiger partial charge in [-0.15, -0.1) is 0 Å². The van der Waals surface area contributed by atoms with Crippen LogP contribution in [-0.4, -0.2) is 15.5 Å². The minimum Gasteiger partial charge on any atom is -0.343 e. The number of carbonyl (C=O) groups excluding carboxylic acids is 1. The van der Waals surface area contributed by atoms with Gasteiger partial charge in [0.25, 0.3) is 5.91 Å². The summed E-state index contributed by atoms with van der Waals surface area (Å²) in [5.41, 5.74) is 1.68. The smallest absolute Gasteiger partial charge is 0.273 e. The molecule has 0 unspecified atom stereocenters. The molecule has 2 aromatic rings. The van der Waals surface area contributed by atoms with Crippen LogP contribution in [0.15, 0.2) is 35.1 Å². The van der Waals surface area contributed by atoms with Crippen molar-refractivity contribution in [3.63, 3.8) is 0 Å². The van der Waals surface area contributed by atoms with Crippen LogP contribution in [0.5, 0.6) is 0 Å². The van der Waals surface area contributed by atoms with E-state index in [0.717, 1.165) is 16.6 Å². The average molecular weight is 308 g/mol. The Morgan fingerprint density at radius 3 is 2.89 bits per heavy atom. The zero-order valence-electron chi connectivity index (χ0n) is 10.3. The fourth-order valence-corrected chi connectivity index (χ4v) is 2.11. The van der Waals surface area contributed by atoms with Crippen molar-refractivity contribution in [3.8, 4) is 0 Å². The maximum Gasteiger partial charge on any atom is 0.273 e. The van der Waals surface area contributed by atoms with E-state index in [2.05, 4.69) is 26.2 Å². The third-order valence-corrected chi connectivity index (χ3v) is 3.02. The summed E-state index contributed by atoms with van der Waals surface area (Å²) in [6, 6.07) is 5.51. The summed E-state index contributed by atoms with van der Waals surface area (Å²) < 4.78 is 2.78. The molecule has 0 atom stereocenters. The van der Waals surface area contributed by atoms with Crippen molar-refractivity contribution in [1.82, 2.24) is 9.55 Å². The van der Waals surface area contributed by atoms with E-state index < -0.39 is 0 Å². The maximum absolute atomic E-state index is 12.1. The third kappa shape index (κ3) is 2.79. The first-order valence-corrected chi connectivity index (χ1v) is 6.49. The first-order chi connectivity index (χ1) is 8.60. The molecular weight excluding hydrogens is 294 g/mol. The van der Waals surface area contributed by atoms with Crippen molar-refractivity contribution in [1.29, 1.82) is 0 Å². The Hall–Kier alpha value is -1.62. The zero-order chi connectivity index (χ0) is 13.1. The second kappa shape index (κ2) is 5.35. The van der Waals surface area contributed by atoms with Gasteiger partial charge in [0.15, 0.2) is 0 Å². The molecule has 0 fully saturated rings. The van der Waals surface area contributed by atoms with Crippen molar-refractivity contribution in [2.45, 2.75) is 20.4 Å². The molecule has 0 radical (unpaired) electrons. The zero-order valence-corrected chi connectivity index (χ0v) is 11.9. The van der Waals surface area contributed by atoms with Crippen LogP contribution in [0.4, 0.5) is 5.82 Å². The predicted molar refractivity (Wildman–Crippen MR) is 74.7 cm³/mol. The summed E-state index contributed by atoms with van der Waals surface area (Å²) in [5.74, 6) is 0.407. The van der Waals surface area contributed by atoms with E-state index >= 15 is 0 Å². The quantitative estimate of drug-likeness (QED) is 0.946. The highest BCUT2D eigenvalue weighted by atomic mass is 79.9. The molecule has 0 aliphatic heterocycles. The largest absolute Gasteiger partial charge is 0.343 e. The van der Waals surface area contributed by atoms with E-state index in [4.69, 9.17) is 0 Å². The average Bonchev–Trinajstić information content (AvgIpc) is 2.73. The van der Waals surface area contributed by atoms with E-state index in [1.54, 1.807) is 18.3 Å². The standard InChI is InChI=1S/C13H14BrN3O/c1-3-17-8-10(14)6-11(17)13(18)16-12-5-4-9(2)7-15-12/h4-8H,3H2,1-2H3,(H,15,16,18). The number of rotatable bonds is 3. The van der Waals surface area contributed by atoms with Gasteiger partial charge in [0, 0.05) is 23.4 Å². The molecule has 0 aromatic carbocycles. The normalized spacial score (nSPS) is 10.4. The Bertz CT molecular complexity index is 560. The van der Waals surface area contributed by atoms with Crippen molar-refractivity contribution in [2.75, 3.05) is 5.32 Å². The molecule has 4 nitrogen and oxygen atoms in total. The van der Waals surface area contributed by atoms with E-state index in [0.29, 0.717) is 11.5 Å². The van der Waals surface area contributed by atoms with Gasteiger partial charge < -0.3 is 9.88 Å². The molecule has 2 aromatic heterocycles. The second-order valence-corrected chi connectivity index (χ2v) is 4.92. The Labute approximate surface area is 114 Å². The lowest BCUT2D eigenvalue weighted by molar-refractivity contribution is 0.101. The number of aryl methyl sites for hydroxylation is 2. The van der Waals surface area contributed by atoms with Crippen molar-refractivity contribution >= 4 is 27.7 Å². The highest BCUT2D eigenvalue weighted by molar-refractivity contribution is 9.10. The number of hydrogen-bond donors (Lipinski definition) is 1. The van der Waals surface area contributed by atoms with Crippen LogP contribution in [0.25, 0.3) is 0 Å². The predicted octanol–water partition coefficient (Wildman–Crippen LogP) is 3.23. The van der Waals surface area contributed by atoms with Crippen LogP contribution in [-0.2, 0) is 6.54 Å². The summed E-state index contributed by atoms with van der Waals surface area (Å²) in [5, 5.41) is 2.78. The van der Waals surface area contributed by atoms with Crippen molar-refractivity contribution in [2.24, 2.45) is 0 Å². The van der Waals surface area contributed by atoms with Crippen LogP contribution in [0.3, 0.4) is 0 Å². The molecule has 0 saturated heterocycles. The van der Waals surface area contributed by atoms with Crippen LogP contribution < -0.4 is 5.32 Å². The summed E-state index contributed by atoms with van der Waals surface area (Å²) in [6.45, 7) is 4.70. The Morgan fingerprint density at radius 1 is 1.50 bits per heavy atom. The summed E-state index contributed by atoms with van der Waals surface area (Å²) in [7, 11) is 0. The highest BCUT2D eigenvalue weighted by Crippen LogP contribution is 2.16. The minimum atomic E-state index is -0.154. The molecule has 2 rings (SSSR count). The molecule has 1 amide bonds. The fraction of sp³-hybridized carbons (Fsp3) is 0.231. The molecular formula is C13H14BrN3O. The van der Waals surface area contributed by atoms with Gasteiger partial charge in [-0.2, -0.15) is 0 Å². The van der Waals surface area contributed by atoms with Gasteiger partial charge in [0.2, 0.25) is 0 Å². The SMILES string of the molecule is CCn1cc(Br)cc1C(=O)Nc1ccc(C)cn1. The van der Waals surface area contributed by atoms with Gasteiger partial charge in [-0.05, 0) is 47.5 Å². The van der Waals surface area contributed by atoms with Gasteiger partial charge in [-0.1, -0.05) is 6.07 Å². The Morgan fingerprint density at radius 2 is 2.28 bits per heavy atom. The number of amides is 1.